The Kier molecular flexibility index (Phi) is 2.47. The van der Waals surface area contributed by atoms with Gasteiger partial charge in [0.2, 0.25) is 5.91 Å². The number of aliphatic carboxylic acids is 1. The van der Waals surface area contributed by atoms with E-state index >= 15 is 0 Å². The molecule has 0 unspecified atom stereocenters. The zero-order valence-electron chi connectivity index (χ0n) is 6.91. The first kappa shape index (κ1) is 8.77. The zero-order chi connectivity index (χ0) is 9.14. The predicted molar refractivity (Wildman–Crippen MR) is 42.3 cm³/mol. The summed E-state index contributed by atoms with van der Waals surface area (Å²) in [6, 6.07) is 0. The second-order valence-corrected chi connectivity index (χ2v) is 2.63. The van der Waals surface area contributed by atoms with E-state index < -0.39 is 5.97 Å². The molecule has 0 aliphatic carbocycles. The highest BCUT2D eigenvalue weighted by molar-refractivity contribution is 5.93. The molecule has 0 radical (unpaired) electrons. The van der Waals surface area contributed by atoms with Crippen LogP contribution in [0.15, 0.2) is 11.8 Å². The molecule has 66 valence electrons. The van der Waals surface area contributed by atoms with Gasteiger partial charge in [0.25, 0.3) is 0 Å². The number of carboxylic acids is 1. The lowest BCUT2D eigenvalue weighted by molar-refractivity contribution is -0.138. The summed E-state index contributed by atoms with van der Waals surface area (Å²) in [5.74, 6) is -1.13. The predicted octanol–water partition coefficient (Wildman–Crippen LogP) is 0.597. The normalized spacial score (nSPS) is 18.6. The molecule has 0 saturated carbocycles. The Morgan fingerprint density at radius 2 is 2.33 bits per heavy atom. The summed E-state index contributed by atoms with van der Waals surface area (Å²) in [5, 5.41) is 8.69. The van der Waals surface area contributed by atoms with Crippen molar-refractivity contribution in [2.24, 2.45) is 0 Å². The van der Waals surface area contributed by atoms with Gasteiger partial charge in [-0.2, -0.15) is 0 Å². The van der Waals surface area contributed by atoms with Gasteiger partial charge in [-0.1, -0.05) is 6.08 Å². The molecule has 4 nitrogen and oxygen atoms in total. The first-order chi connectivity index (χ1) is 5.66. The van der Waals surface area contributed by atoms with Crippen LogP contribution in [0.4, 0.5) is 0 Å². The smallest absolute Gasteiger partial charge is 0.352 e. The van der Waals surface area contributed by atoms with Crippen LogP contribution in [0, 0.1) is 0 Å². The number of carbonyl (C=O) groups excluding carboxylic acids is 1. The van der Waals surface area contributed by atoms with Gasteiger partial charge in [0, 0.05) is 13.0 Å². The Morgan fingerprint density at radius 1 is 1.67 bits per heavy atom. The Labute approximate surface area is 70.5 Å². The van der Waals surface area contributed by atoms with Crippen LogP contribution in [0.25, 0.3) is 0 Å². The van der Waals surface area contributed by atoms with E-state index in [0.29, 0.717) is 13.0 Å². The van der Waals surface area contributed by atoms with Gasteiger partial charge in [0.15, 0.2) is 0 Å². The minimum atomic E-state index is -1.03. The van der Waals surface area contributed by atoms with Crippen LogP contribution < -0.4 is 0 Å². The molecule has 12 heavy (non-hydrogen) atoms. The molecular formula is C8H11NO3. The molecule has 4 heteroatoms. The second-order valence-electron chi connectivity index (χ2n) is 2.63. The minimum Gasteiger partial charge on any atom is -0.477 e. The van der Waals surface area contributed by atoms with Crippen molar-refractivity contribution in [3.05, 3.63) is 11.8 Å². The van der Waals surface area contributed by atoms with Gasteiger partial charge in [0.05, 0.1) is 0 Å². The number of rotatable bonds is 2. The van der Waals surface area contributed by atoms with Crippen LogP contribution in [0.5, 0.6) is 0 Å². The van der Waals surface area contributed by atoms with Crippen LogP contribution in [-0.2, 0) is 9.59 Å². The maximum Gasteiger partial charge on any atom is 0.352 e. The highest BCUT2D eigenvalue weighted by Crippen LogP contribution is 2.15. The monoisotopic (exact) mass is 169 g/mol. The van der Waals surface area contributed by atoms with Crippen molar-refractivity contribution in [1.82, 2.24) is 4.90 Å². The lowest BCUT2D eigenvalue weighted by Crippen LogP contribution is -2.28. The van der Waals surface area contributed by atoms with Crippen molar-refractivity contribution in [2.45, 2.75) is 19.8 Å². The van der Waals surface area contributed by atoms with E-state index in [2.05, 4.69) is 0 Å². The second kappa shape index (κ2) is 3.38. The van der Waals surface area contributed by atoms with Crippen molar-refractivity contribution >= 4 is 11.9 Å². The van der Waals surface area contributed by atoms with Gasteiger partial charge >= 0.3 is 5.97 Å². The number of nitrogens with zero attached hydrogens (tertiary/aromatic N) is 1. The van der Waals surface area contributed by atoms with Crippen LogP contribution >= 0.6 is 0 Å². The molecule has 1 fully saturated rings. The number of hydrogen-bond donors (Lipinski definition) is 1. The van der Waals surface area contributed by atoms with Crippen LogP contribution in [0.3, 0.4) is 0 Å². The van der Waals surface area contributed by atoms with Crippen LogP contribution in [-0.4, -0.2) is 28.4 Å². The number of allylic oxidation sites excluding steroid dienone is 1. The molecule has 0 aromatic heterocycles. The molecule has 1 heterocycles. The third-order valence-corrected chi connectivity index (χ3v) is 1.86. The number of carboxylic acid groups (broad SMARTS) is 1. The maximum atomic E-state index is 11.1. The average Bonchev–Trinajstić information content (AvgIpc) is 2.38. The first-order valence-corrected chi connectivity index (χ1v) is 3.86. The number of amides is 1. The lowest BCUT2D eigenvalue weighted by atomic mass is 10.3. The average molecular weight is 169 g/mol. The molecule has 1 N–H and O–H groups in total. The Bertz CT molecular complexity index is 245. The molecule has 0 aromatic rings. The van der Waals surface area contributed by atoms with Crippen molar-refractivity contribution in [3.63, 3.8) is 0 Å². The van der Waals surface area contributed by atoms with Crippen LogP contribution in [0.2, 0.25) is 0 Å². The molecule has 0 aromatic carbocycles. The number of likely N-dealkylation sites (tertiary alicyclic amines) is 1. The summed E-state index contributed by atoms with van der Waals surface area (Å²) < 4.78 is 0. The largest absolute Gasteiger partial charge is 0.477 e. The van der Waals surface area contributed by atoms with E-state index in [9.17, 15) is 9.59 Å². The van der Waals surface area contributed by atoms with E-state index in [4.69, 9.17) is 5.11 Å². The fourth-order valence-electron chi connectivity index (χ4n) is 1.30. The van der Waals surface area contributed by atoms with Gasteiger partial charge in [-0.25, -0.2) is 4.79 Å². The molecule has 0 atom stereocenters. The summed E-state index contributed by atoms with van der Waals surface area (Å²) in [6.45, 7) is 2.15. The van der Waals surface area contributed by atoms with Crippen LogP contribution in [0.1, 0.15) is 19.8 Å². The minimum absolute atomic E-state index is 0.0921. The molecule has 1 amide bonds. The Hall–Kier alpha value is -1.32. The Balaban J connectivity index is 2.80. The van der Waals surface area contributed by atoms with Crippen molar-refractivity contribution in [2.75, 3.05) is 6.54 Å². The topological polar surface area (TPSA) is 57.6 Å². The summed E-state index contributed by atoms with van der Waals surface area (Å²) in [6.07, 6.45) is 2.67. The van der Waals surface area contributed by atoms with E-state index in [0.717, 1.165) is 6.42 Å². The molecular weight excluding hydrogens is 158 g/mol. The first-order valence-electron chi connectivity index (χ1n) is 3.86. The van der Waals surface area contributed by atoms with Gasteiger partial charge in [-0.15, -0.1) is 0 Å². The van der Waals surface area contributed by atoms with Crippen molar-refractivity contribution in [3.8, 4) is 0 Å². The van der Waals surface area contributed by atoms with Crippen molar-refractivity contribution in [1.29, 1.82) is 0 Å². The summed E-state index contributed by atoms with van der Waals surface area (Å²) in [7, 11) is 0. The van der Waals surface area contributed by atoms with E-state index in [1.54, 1.807) is 6.92 Å². The fourth-order valence-corrected chi connectivity index (χ4v) is 1.30. The lowest BCUT2D eigenvalue weighted by Gasteiger charge is -2.14. The highest BCUT2D eigenvalue weighted by atomic mass is 16.4. The molecule has 1 aliphatic rings. The summed E-state index contributed by atoms with van der Waals surface area (Å²) in [5.41, 5.74) is 0.0949. The summed E-state index contributed by atoms with van der Waals surface area (Å²) >= 11 is 0. The number of carbonyl (C=O) groups is 2. The van der Waals surface area contributed by atoms with Crippen molar-refractivity contribution < 1.29 is 14.7 Å². The molecule has 1 saturated heterocycles. The molecule has 0 spiro atoms. The molecule has 1 rings (SSSR count). The molecule has 0 bridgehead atoms. The third-order valence-electron chi connectivity index (χ3n) is 1.86. The maximum absolute atomic E-state index is 11.1. The van der Waals surface area contributed by atoms with E-state index in [-0.39, 0.29) is 11.6 Å². The van der Waals surface area contributed by atoms with Gasteiger partial charge in [-0.3, -0.25) is 4.79 Å². The fraction of sp³-hybridized carbons (Fsp3) is 0.500. The zero-order valence-corrected chi connectivity index (χ0v) is 6.91. The van der Waals surface area contributed by atoms with E-state index in [1.165, 1.54) is 11.0 Å². The quantitative estimate of drug-likeness (QED) is 0.616. The summed E-state index contributed by atoms with van der Waals surface area (Å²) in [4.78, 5) is 23.0. The van der Waals surface area contributed by atoms with E-state index in [1.807, 2.05) is 0 Å². The molecule has 1 aliphatic heterocycles. The highest BCUT2D eigenvalue weighted by Gasteiger charge is 2.26. The SMILES string of the molecule is CC=C(C(=O)O)N1CCCC1=O. The standard InChI is InChI=1S/C8H11NO3/c1-2-6(8(11)12)9-5-3-4-7(9)10/h2H,3-5H2,1H3,(H,11,12). The third kappa shape index (κ3) is 1.47. The Morgan fingerprint density at radius 3 is 2.67 bits per heavy atom. The van der Waals surface area contributed by atoms with Gasteiger partial charge < -0.3 is 10.0 Å². The number of hydrogen-bond acceptors (Lipinski definition) is 2. The van der Waals surface area contributed by atoms with Gasteiger partial charge in [-0.05, 0) is 13.3 Å². The van der Waals surface area contributed by atoms with Gasteiger partial charge in [0.1, 0.15) is 5.70 Å².